The maximum absolute atomic E-state index is 2.64. The fourth-order valence-corrected chi connectivity index (χ4v) is 9.15. The highest BCUT2D eigenvalue weighted by atomic mass is 14.5. The van der Waals surface area contributed by atoms with Gasteiger partial charge in [-0.3, -0.25) is 0 Å². The molecule has 0 atom stereocenters. The van der Waals surface area contributed by atoms with Crippen LogP contribution < -0.4 is 0 Å². The summed E-state index contributed by atoms with van der Waals surface area (Å²) >= 11 is 0. The molecule has 4 aromatic rings. The maximum atomic E-state index is 2.64. The summed E-state index contributed by atoms with van der Waals surface area (Å²) in [7, 11) is 0. The summed E-state index contributed by atoms with van der Waals surface area (Å²) < 4.78 is 0. The minimum absolute atomic E-state index is 0.0607. The normalized spacial score (nSPS) is 13.2. The van der Waals surface area contributed by atoms with Crippen LogP contribution in [0, 0.1) is 41.5 Å². The first-order chi connectivity index (χ1) is 22.7. The van der Waals surface area contributed by atoms with Gasteiger partial charge in [-0.15, -0.1) is 0 Å². The van der Waals surface area contributed by atoms with E-state index in [2.05, 4.69) is 116 Å². The Kier molecular flexibility index (Phi) is 11.9. The van der Waals surface area contributed by atoms with Crippen molar-refractivity contribution in [3.63, 3.8) is 0 Å². The molecule has 1 aliphatic rings. The summed E-state index contributed by atoms with van der Waals surface area (Å²) in [5, 5.41) is 0. The van der Waals surface area contributed by atoms with Gasteiger partial charge in [0.05, 0.1) is 0 Å². The molecule has 0 N–H and O–H groups in total. The maximum Gasteiger partial charge on any atom is 0.0215 e. The minimum atomic E-state index is 0.0607. The Morgan fingerprint density at radius 2 is 0.745 bits per heavy atom. The van der Waals surface area contributed by atoms with Gasteiger partial charge in [0, 0.05) is 5.41 Å². The SMILES string of the molecule is CCCCCCCCC1(CCCCCCCC)c2cc(-c3c(C)cc(C)cc3C)ccc2-c2ccc(-c3c(C)cc(C)cc3C)cc21. The molecule has 0 aromatic heterocycles. The van der Waals surface area contributed by atoms with E-state index >= 15 is 0 Å². The van der Waals surface area contributed by atoms with Gasteiger partial charge in [-0.25, -0.2) is 0 Å². The van der Waals surface area contributed by atoms with Crippen LogP contribution in [0.3, 0.4) is 0 Å². The van der Waals surface area contributed by atoms with Gasteiger partial charge in [0.2, 0.25) is 0 Å². The van der Waals surface area contributed by atoms with Crippen LogP contribution in [0.4, 0.5) is 0 Å². The predicted octanol–water partition coefficient (Wildman–Crippen LogP) is 14.6. The molecule has 0 amide bonds. The van der Waals surface area contributed by atoms with Crippen LogP contribution in [0.25, 0.3) is 33.4 Å². The molecule has 250 valence electrons. The zero-order chi connectivity index (χ0) is 33.6. The van der Waals surface area contributed by atoms with E-state index in [-0.39, 0.29) is 5.41 Å². The molecule has 0 aliphatic heterocycles. The minimum Gasteiger partial charge on any atom is -0.0654 e. The number of aryl methyl sites for hydroxylation is 6. The highest BCUT2D eigenvalue weighted by Crippen LogP contribution is 2.56. The Morgan fingerprint density at radius 3 is 1.11 bits per heavy atom. The Hall–Kier alpha value is -3.12. The summed E-state index contributed by atoms with van der Waals surface area (Å²) in [4.78, 5) is 0. The summed E-state index contributed by atoms with van der Waals surface area (Å²) in [6.07, 6.45) is 18.6. The van der Waals surface area contributed by atoms with Crippen LogP contribution in [0.15, 0.2) is 60.7 Å². The van der Waals surface area contributed by atoms with Crippen LogP contribution in [-0.2, 0) is 5.41 Å². The van der Waals surface area contributed by atoms with Gasteiger partial charge < -0.3 is 0 Å². The van der Waals surface area contributed by atoms with Crippen molar-refractivity contribution in [2.24, 2.45) is 0 Å². The first kappa shape index (κ1) is 35.2. The van der Waals surface area contributed by atoms with E-state index in [1.165, 1.54) is 157 Å². The Morgan fingerprint density at radius 1 is 0.404 bits per heavy atom. The first-order valence-corrected chi connectivity index (χ1v) is 19.2. The summed E-state index contributed by atoms with van der Waals surface area (Å²) in [6, 6.07) is 24.5. The predicted molar refractivity (Wildman–Crippen MR) is 208 cm³/mol. The van der Waals surface area contributed by atoms with Crippen molar-refractivity contribution >= 4 is 0 Å². The van der Waals surface area contributed by atoms with E-state index in [0.717, 1.165) is 0 Å². The molecular weight excluding hydrogens is 565 g/mol. The second kappa shape index (κ2) is 15.9. The van der Waals surface area contributed by atoms with Crippen LogP contribution in [0.5, 0.6) is 0 Å². The van der Waals surface area contributed by atoms with Gasteiger partial charge in [-0.05, 0) is 133 Å². The van der Waals surface area contributed by atoms with Crippen molar-refractivity contribution in [2.75, 3.05) is 0 Å². The highest BCUT2D eigenvalue weighted by Gasteiger charge is 2.42. The van der Waals surface area contributed by atoms with Crippen LogP contribution in [0.2, 0.25) is 0 Å². The second-order valence-electron chi connectivity index (χ2n) is 15.2. The second-order valence-corrected chi connectivity index (χ2v) is 15.2. The number of fused-ring (bicyclic) bond motifs is 3. The van der Waals surface area contributed by atoms with Crippen LogP contribution in [0.1, 0.15) is 148 Å². The average Bonchev–Trinajstić information content (AvgIpc) is 3.28. The highest BCUT2D eigenvalue weighted by molar-refractivity contribution is 5.87. The third-order valence-electron chi connectivity index (χ3n) is 11.2. The van der Waals surface area contributed by atoms with Crippen molar-refractivity contribution in [1.82, 2.24) is 0 Å². The molecule has 0 radical (unpaired) electrons. The van der Waals surface area contributed by atoms with E-state index in [1.54, 1.807) is 11.1 Å². The monoisotopic (exact) mass is 626 g/mol. The molecule has 0 fully saturated rings. The molecule has 0 nitrogen and oxygen atoms in total. The third-order valence-corrected chi connectivity index (χ3v) is 11.2. The van der Waals surface area contributed by atoms with Crippen molar-refractivity contribution in [1.29, 1.82) is 0 Å². The third kappa shape index (κ3) is 7.63. The fourth-order valence-electron chi connectivity index (χ4n) is 9.15. The Bertz CT molecular complexity index is 1490. The zero-order valence-corrected chi connectivity index (χ0v) is 31.2. The van der Waals surface area contributed by atoms with Gasteiger partial charge in [0.15, 0.2) is 0 Å². The number of unbranched alkanes of at least 4 members (excludes halogenated alkanes) is 10. The lowest BCUT2D eigenvalue weighted by molar-refractivity contribution is 0.398. The van der Waals surface area contributed by atoms with Gasteiger partial charge in [0.25, 0.3) is 0 Å². The van der Waals surface area contributed by atoms with E-state index < -0.39 is 0 Å². The molecule has 0 spiro atoms. The number of hydrogen-bond acceptors (Lipinski definition) is 0. The zero-order valence-electron chi connectivity index (χ0n) is 31.2. The van der Waals surface area contributed by atoms with Gasteiger partial charge in [0.1, 0.15) is 0 Å². The number of rotatable bonds is 16. The largest absolute Gasteiger partial charge is 0.0654 e. The fraction of sp³-hybridized carbons (Fsp3) is 0.489. The van der Waals surface area contributed by atoms with Crippen molar-refractivity contribution in [3.8, 4) is 33.4 Å². The van der Waals surface area contributed by atoms with Crippen LogP contribution in [-0.4, -0.2) is 0 Å². The lowest BCUT2D eigenvalue weighted by atomic mass is 9.69. The van der Waals surface area contributed by atoms with Crippen molar-refractivity contribution in [2.45, 2.75) is 151 Å². The summed E-state index contributed by atoms with van der Waals surface area (Å²) in [5.74, 6) is 0. The average molecular weight is 627 g/mol. The Balaban J connectivity index is 1.65. The summed E-state index contributed by atoms with van der Waals surface area (Å²) in [5.41, 5.74) is 20.1. The number of hydrogen-bond donors (Lipinski definition) is 0. The quantitative estimate of drug-likeness (QED) is 0.109. The Labute approximate surface area is 288 Å². The molecule has 47 heavy (non-hydrogen) atoms. The molecule has 4 aromatic carbocycles. The molecule has 0 saturated heterocycles. The van der Waals surface area contributed by atoms with Crippen molar-refractivity contribution < 1.29 is 0 Å². The smallest absolute Gasteiger partial charge is 0.0215 e. The van der Waals surface area contributed by atoms with Crippen LogP contribution >= 0.6 is 0 Å². The standard InChI is InChI=1S/C47H62/c1-9-11-13-15-17-19-25-47(26-20-18-16-14-12-10-2)43-31-39(45-35(5)27-33(3)28-36(45)6)21-23-41(43)42-24-22-40(32-44(42)47)46-37(7)29-34(4)30-38(46)8/h21-24,27-32H,9-20,25-26H2,1-8H3. The molecule has 0 bridgehead atoms. The molecule has 0 saturated carbocycles. The van der Waals surface area contributed by atoms with Crippen molar-refractivity contribution in [3.05, 3.63) is 105 Å². The summed E-state index contributed by atoms with van der Waals surface area (Å²) in [6.45, 7) is 18.3. The lowest BCUT2D eigenvalue weighted by Crippen LogP contribution is -2.25. The molecule has 0 unspecified atom stereocenters. The van der Waals surface area contributed by atoms with E-state index in [0.29, 0.717) is 0 Å². The van der Waals surface area contributed by atoms with Gasteiger partial charge in [-0.2, -0.15) is 0 Å². The van der Waals surface area contributed by atoms with E-state index in [4.69, 9.17) is 0 Å². The number of benzene rings is 4. The molecule has 0 heteroatoms. The van der Waals surface area contributed by atoms with Gasteiger partial charge >= 0.3 is 0 Å². The first-order valence-electron chi connectivity index (χ1n) is 19.2. The van der Waals surface area contributed by atoms with E-state index in [9.17, 15) is 0 Å². The molecule has 5 rings (SSSR count). The van der Waals surface area contributed by atoms with Gasteiger partial charge in [-0.1, -0.05) is 151 Å². The molecule has 1 aliphatic carbocycles. The molecule has 0 heterocycles. The topological polar surface area (TPSA) is 0 Å². The van der Waals surface area contributed by atoms with E-state index in [1.807, 2.05) is 0 Å². The lowest BCUT2D eigenvalue weighted by Gasteiger charge is -2.34. The molecular formula is C47H62.